The zero-order valence-electron chi connectivity index (χ0n) is 20.4. The molecule has 1 saturated carbocycles. The first-order valence-electron chi connectivity index (χ1n) is 11.6. The molecule has 1 aliphatic heterocycles. The minimum atomic E-state index is -3.86. The molecular weight excluding hydrogens is 540 g/mol. The Balaban J connectivity index is 0.00000380. The fourth-order valence-electron chi connectivity index (χ4n) is 4.83. The molecule has 0 spiro atoms. The van der Waals surface area contributed by atoms with Gasteiger partial charge in [-0.25, -0.2) is 26.0 Å². The van der Waals surface area contributed by atoms with E-state index in [1.54, 1.807) is 7.05 Å². The minimum Gasteiger partial charge on any atom is -0.350 e. The predicted octanol–water partition coefficient (Wildman–Crippen LogP) is 2.51. The van der Waals surface area contributed by atoms with Crippen LogP contribution in [0.1, 0.15) is 41.6 Å². The quantitative estimate of drug-likeness (QED) is 0.538. The van der Waals surface area contributed by atoms with Gasteiger partial charge in [0.05, 0.1) is 11.8 Å². The van der Waals surface area contributed by atoms with Crippen LogP contribution in [-0.2, 0) is 17.1 Å². The molecule has 37 heavy (non-hydrogen) atoms. The Kier molecular flexibility index (Phi) is 8.57. The maximum absolute atomic E-state index is 14.3. The second-order valence-corrected chi connectivity index (χ2v) is 11.4. The van der Waals surface area contributed by atoms with Crippen molar-refractivity contribution >= 4 is 28.3 Å². The second-order valence-electron chi connectivity index (χ2n) is 9.47. The molecule has 2 aromatic rings. The highest BCUT2D eigenvalue weighted by atomic mass is 35.5. The number of nitrogens with one attached hydrogen (secondary N) is 1. The molecule has 0 radical (unpaired) electrons. The molecule has 1 aromatic carbocycles. The maximum atomic E-state index is 14.3. The SMILES string of the molecule is Cc1cc(F)c(C(=O)NCC2(N3CCN(S(=O)(=O)c4cn(C)nn4)CC3)CCC(F)(F)CC2)cc1F.Cl. The van der Waals surface area contributed by atoms with Crippen LogP contribution in [0.5, 0.6) is 0 Å². The van der Waals surface area contributed by atoms with E-state index in [1.165, 1.54) is 22.1 Å². The summed E-state index contributed by atoms with van der Waals surface area (Å²) in [6, 6.07) is 1.75. The smallest absolute Gasteiger partial charge is 0.264 e. The summed E-state index contributed by atoms with van der Waals surface area (Å²) >= 11 is 0. The van der Waals surface area contributed by atoms with Gasteiger partial charge in [-0.15, -0.1) is 17.5 Å². The number of hydrogen-bond donors (Lipinski definition) is 1. The molecule has 1 saturated heterocycles. The molecule has 4 rings (SSSR count). The lowest BCUT2D eigenvalue weighted by Crippen LogP contribution is -2.63. The van der Waals surface area contributed by atoms with E-state index in [4.69, 9.17) is 0 Å². The molecule has 1 aliphatic carbocycles. The number of sulfonamides is 1. The van der Waals surface area contributed by atoms with Gasteiger partial charge in [0.2, 0.25) is 10.9 Å². The lowest BCUT2D eigenvalue weighted by molar-refractivity contribution is -0.0856. The molecule has 0 bridgehead atoms. The zero-order chi connectivity index (χ0) is 26.3. The Hall–Kier alpha value is -2.29. The summed E-state index contributed by atoms with van der Waals surface area (Å²) in [6.07, 6.45) is 0.627. The lowest BCUT2D eigenvalue weighted by atomic mass is 9.78. The van der Waals surface area contributed by atoms with E-state index in [9.17, 15) is 30.8 Å². The average Bonchev–Trinajstić information content (AvgIpc) is 3.28. The molecule has 15 heteroatoms. The van der Waals surface area contributed by atoms with Crippen molar-refractivity contribution in [2.75, 3.05) is 32.7 Å². The number of alkyl halides is 2. The molecule has 206 valence electrons. The number of amides is 1. The van der Waals surface area contributed by atoms with E-state index in [0.29, 0.717) is 0 Å². The van der Waals surface area contributed by atoms with E-state index >= 15 is 0 Å². The Morgan fingerprint density at radius 2 is 1.68 bits per heavy atom. The molecular formula is C22H29ClF4N6O3S. The van der Waals surface area contributed by atoms with Crippen molar-refractivity contribution < 1.29 is 30.8 Å². The first kappa shape index (κ1) is 29.3. The highest BCUT2D eigenvalue weighted by molar-refractivity contribution is 7.89. The van der Waals surface area contributed by atoms with Crippen molar-refractivity contribution in [3.63, 3.8) is 0 Å². The third-order valence-electron chi connectivity index (χ3n) is 7.08. The van der Waals surface area contributed by atoms with Crippen LogP contribution in [0.3, 0.4) is 0 Å². The third-order valence-corrected chi connectivity index (χ3v) is 8.84. The van der Waals surface area contributed by atoms with Gasteiger partial charge in [-0.2, -0.15) is 4.31 Å². The van der Waals surface area contributed by atoms with Crippen LogP contribution in [0.15, 0.2) is 23.4 Å². The molecule has 9 nitrogen and oxygen atoms in total. The molecule has 0 unspecified atom stereocenters. The van der Waals surface area contributed by atoms with E-state index in [2.05, 4.69) is 15.6 Å². The summed E-state index contributed by atoms with van der Waals surface area (Å²) in [5.41, 5.74) is -1.28. The Morgan fingerprint density at radius 1 is 1.05 bits per heavy atom. The molecule has 1 N–H and O–H groups in total. The van der Waals surface area contributed by atoms with Crippen LogP contribution in [0, 0.1) is 18.6 Å². The van der Waals surface area contributed by atoms with Crippen LogP contribution >= 0.6 is 12.4 Å². The fourth-order valence-corrected chi connectivity index (χ4v) is 6.16. The van der Waals surface area contributed by atoms with Gasteiger partial charge in [-0.05, 0) is 37.5 Å². The van der Waals surface area contributed by atoms with Crippen molar-refractivity contribution in [2.24, 2.45) is 7.05 Å². The summed E-state index contributed by atoms with van der Waals surface area (Å²) in [6.45, 7) is 2.00. The molecule has 0 atom stereocenters. The average molecular weight is 569 g/mol. The molecule has 1 aromatic heterocycles. The van der Waals surface area contributed by atoms with Crippen LogP contribution in [0.25, 0.3) is 0 Å². The second kappa shape index (κ2) is 10.8. The Morgan fingerprint density at radius 3 is 2.24 bits per heavy atom. The number of carbonyl (C=O) groups excluding carboxylic acids is 1. The monoisotopic (exact) mass is 568 g/mol. The van der Waals surface area contributed by atoms with Crippen molar-refractivity contribution in [2.45, 2.75) is 49.1 Å². The molecule has 2 heterocycles. The predicted molar refractivity (Wildman–Crippen MR) is 128 cm³/mol. The standard InChI is InChI=1S/C22H28F4N6O3S.ClH/c1-15-11-18(24)16(12-17(15)23)20(33)27-14-21(3-5-22(25,26)6-4-21)31-7-9-32(10-8-31)36(34,35)19-13-30(2)29-28-19;/h11-13H,3-10,14H2,1-2H3,(H,27,33);1H. The molecule has 1 amide bonds. The van der Waals surface area contributed by atoms with Gasteiger partial charge in [0.15, 0.2) is 0 Å². The Labute approximate surface area is 218 Å². The van der Waals surface area contributed by atoms with E-state index in [1.807, 2.05) is 4.90 Å². The topological polar surface area (TPSA) is 100 Å². The van der Waals surface area contributed by atoms with Crippen molar-refractivity contribution in [3.8, 4) is 0 Å². The number of rotatable bonds is 6. The number of carbonyl (C=O) groups is 1. The fraction of sp³-hybridized carbons (Fsp3) is 0.591. The number of piperazine rings is 1. The maximum Gasteiger partial charge on any atom is 0.264 e. The van der Waals surface area contributed by atoms with Crippen LogP contribution in [0.2, 0.25) is 0 Å². The van der Waals surface area contributed by atoms with E-state index in [-0.39, 0.29) is 68.6 Å². The number of halogens is 5. The number of nitrogens with zero attached hydrogens (tertiary/aromatic N) is 5. The first-order chi connectivity index (χ1) is 16.8. The van der Waals surface area contributed by atoms with E-state index in [0.717, 1.165) is 12.1 Å². The van der Waals surface area contributed by atoms with Gasteiger partial charge in [0.1, 0.15) is 11.6 Å². The lowest BCUT2D eigenvalue weighted by Gasteiger charge is -2.50. The summed E-state index contributed by atoms with van der Waals surface area (Å²) < 4.78 is 84.5. The molecule has 2 fully saturated rings. The minimum absolute atomic E-state index is 0. The van der Waals surface area contributed by atoms with Crippen LogP contribution in [0.4, 0.5) is 17.6 Å². The van der Waals surface area contributed by atoms with Gasteiger partial charge < -0.3 is 5.32 Å². The van der Waals surface area contributed by atoms with Gasteiger partial charge in [0.25, 0.3) is 15.9 Å². The van der Waals surface area contributed by atoms with Crippen LogP contribution < -0.4 is 5.32 Å². The summed E-state index contributed by atoms with van der Waals surface area (Å²) in [5, 5.41) is 9.77. The van der Waals surface area contributed by atoms with Crippen LogP contribution in [-0.4, -0.2) is 82.7 Å². The zero-order valence-corrected chi connectivity index (χ0v) is 22.0. The third kappa shape index (κ3) is 6.07. The number of aryl methyl sites for hydroxylation is 2. The van der Waals surface area contributed by atoms with Crippen molar-refractivity contribution in [3.05, 3.63) is 41.1 Å². The number of aromatic nitrogens is 3. The largest absolute Gasteiger partial charge is 0.350 e. The van der Waals surface area contributed by atoms with Gasteiger partial charge >= 0.3 is 0 Å². The van der Waals surface area contributed by atoms with Gasteiger partial charge in [-0.1, -0.05) is 5.21 Å². The highest BCUT2D eigenvalue weighted by Crippen LogP contribution is 2.42. The summed E-state index contributed by atoms with van der Waals surface area (Å²) in [5.74, 6) is -5.28. The normalized spacial score (nSPS) is 20.3. The first-order valence-corrected chi connectivity index (χ1v) is 13.0. The van der Waals surface area contributed by atoms with Crippen molar-refractivity contribution in [1.29, 1.82) is 0 Å². The molecule has 2 aliphatic rings. The number of hydrogen-bond acceptors (Lipinski definition) is 6. The summed E-state index contributed by atoms with van der Waals surface area (Å²) in [7, 11) is -2.31. The Bertz CT molecular complexity index is 1240. The van der Waals surface area contributed by atoms with Gasteiger partial charge in [-0.3, -0.25) is 14.4 Å². The van der Waals surface area contributed by atoms with Gasteiger partial charge in [0, 0.05) is 58.2 Å². The van der Waals surface area contributed by atoms with E-state index < -0.39 is 57.4 Å². The summed E-state index contributed by atoms with van der Waals surface area (Å²) in [4.78, 5) is 14.6. The number of benzene rings is 1. The highest BCUT2D eigenvalue weighted by Gasteiger charge is 2.48. The van der Waals surface area contributed by atoms with Crippen molar-refractivity contribution in [1.82, 2.24) is 29.5 Å².